The molecule has 11 heteroatoms. The van der Waals surface area contributed by atoms with Gasteiger partial charge in [0.05, 0.1) is 10.5 Å². The van der Waals surface area contributed by atoms with Crippen LogP contribution in [0.15, 0.2) is 67.0 Å². The Balaban J connectivity index is 1.46. The number of halogens is 2. The normalized spacial score (nSPS) is 10.6. The maximum Gasteiger partial charge on any atom is 0.404 e. The van der Waals surface area contributed by atoms with Crippen LogP contribution in [0.2, 0.25) is 5.02 Å². The molecule has 0 fully saturated rings. The van der Waals surface area contributed by atoms with Crippen molar-refractivity contribution >= 4 is 51.7 Å². The molecule has 1 aromatic heterocycles. The van der Waals surface area contributed by atoms with Crippen LogP contribution in [-0.2, 0) is 11.4 Å². The molecule has 184 valence electrons. The summed E-state index contributed by atoms with van der Waals surface area (Å²) in [5, 5.41) is 17.7. The van der Waals surface area contributed by atoms with E-state index in [1.807, 2.05) is 0 Å². The van der Waals surface area contributed by atoms with Gasteiger partial charge in [-0.25, -0.2) is 19.2 Å². The number of benzene rings is 3. The van der Waals surface area contributed by atoms with Crippen LogP contribution in [0.5, 0.6) is 5.75 Å². The van der Waals surface area contributed by atoms with Crippen LogP contribution in [0.4, 0.5) is 26.4 Å². The predicted molar refractivity (Wildman–Crippen MR) is 134 cm³/mol. The second kappa shape index (κ2) is 11.3. The molecular formula is C25H21ClFN5O4. The number of hydrogen-bond donors (Lipinski definition) is 4. The molecule has 36 heavy (non-hydrogen) atoms. The Bertz CT molecular complexity index is 1420. The largest absolute Gasteiger partial charge is 0.487 e. The Labute approximate surface area is 210 Å². The van der Waals surface area contributed by atoms with E-state index in [4.69, 9.17) is 21.4 Å². The molecule has 4 aromatic rings. The Morgan fingerprint density at radius 3 is 2.64 bits per heavy atom. The zero-order chi connectivity index (χ0) is 25.5. The topological polar surface area (TPSA) is 125 Å². The highest BCUT2D eigenvalue weighted by atomic mass is 35.5. The lowest BCUT2D eigenvalue weighted by atomic mass is 10.2. The van der Waals surface area contributed by atoms with E-state index in [-0.39, 0.29) is 31.3 Å². The molecule has 2 amide bonds. The smallest absolute Gasteiger partial charge is 0.404 e. The van der Waals surface area contributed by atoms with Gasteiger partial charge in [-0.15, -0.1) is 0 Å². The Morgan fingerprint density at radius 2 is 1.86 bits per heavy atom. The highest BCUT2D eigenvalue weighted by molar-refractivity contribution is 6.32. The van der Waals surface area contributed by atoms with Crippen LogP contribution >= 0.6 is 11.6 Å². The lowest BCUT2D eigenvalue weighted by Crippen LogP contribution is -2.25. The molecule has 9 nitrogen and oxygen atoms in total. The summed E-state index contributed by atoms with van der Waals surface area (Å²) < 4.78 is 19.1. The van der Waals surface area contributed by atoms with Crippen molar-refractivity contribution in [3.05, 3.63) is 83.4 Å². The number of nitrogens with one attached hydrogen (secondary N) is 3. The molecular weight excluding hydrogens is 489 g/mol. The van der Waals surface area contributed by atoms with Gasteiger partial charge in [-0.2, -0.15) is 0 Å². The summed E-state index contributed by atoms with van der Waals surface area (Å²) in [6.45, 7) is 0.176. The standard InChI is InChI=1S/C25H21ClFN5O4/c26-20-12-18(5-7-22(20)36-13-15-2-1-3-16(27)10-15)32-24-19-11-17(4-6-21(19)29-14-30-24)31-23(33)8-9-28-25(34)35/h1-7,10-12,14,28H,8-9,13H2,(H,31,33)(H,34,35)(H,29,30,32). The monoisotopic (exact) mass is 509 g/mol. The van der Waals surface area contributed by atoms with Gasteiger partial charge in [0.15, 0.2) is 0 Å². The van der Waals surface area contributed by atoms with Gasteiger partial charge >= 0.3 is 6.09 Å². The number of ether oxygens (including phenoxy) is 1. The number of anilines is 3. The maximum absolute atomic E-state index is 13.4. The van der Waals surface area contributed by atoms with E-state index < -0.39 is 6.09 Å². The van der Waals surface area contributed by atoms with Gasteiger partial charge in [-0.1, -0.05) is 23.7 Å². The Morgan fingerprint density at radius 1 is 1.03 bits per heavy atom. The molecule has 4 N–H and O–H groups in total. The van der Waals surface area contributed by atoms with Crippen LogP contribution in [0.3, 0.4) is 0 Å². The molecule has 0 aliphatic rings. The van der Waals surface area contributed by atoms with Gasteiger partial charge in [0.25, 0.3) is 0 Å². The fourth-order valence-corrected chi connectivity index (χ4v) is 3.60. The van der Waals surface area contributed by atoms with E-state index in [9.17, 15) is 14.0 Å². The summed E-state index contributed by atoms with van der Waals surface area (Å²) in [4.78, 5) is 31.2. The zero-order valence-corrected chi connectivity index (χ0v) is 19.6. The van der Waals surface area contributed by atoms with Crippen molar-refractivity contribution in [1.29, 1.82) is 0 Å². The maximum atomic E-state index is 13.4. The highest BCUT2D eigenvalue weighted by Crippen LogP contribution is 2.31. The summed E-state index contributed by atoms with van der Waals surface area (Å²) in [6.07, 6.45) is 0.221. The number of aromatic nitrogens is 2. The number of amides is 2. The lowest BCUT2D eigenvalue weighted by molar-refractivity contribution is -0.116. The fraction of sp³-hybridized carbons (Fsp3) is 0.120. The molecule has 0 spiro atoms. The third kappa shape index (κ3) is 6.57. The summed E-state index contributed by atoms with van der Waals surface area (Å²) in [5.74, 6) is 0.265. The zero-order valence-electron chi connectivity index (χ0n) is 18.8. The predicted octanol–water partition coefficient (Wildman–Crippen LogP) is 5.34. The quantitative estimate of drug-likeness (QED) is 0.240. The van der Waals surface area contributed by atoms with Crippen molar-refractivity contribution in [2.45, 2.75) is 13.0 Å². The van der Waals surface area contributed by atoms with Crippen molar-refractivity contribution in [1.82, 2.24) is 15.3 Å². The Hall–Kier alpha value is -4.44. The number of carboxylic acid groups (broad SMARTS) is 1. The van der Waals surface area contributed by atoms with E-state index in [2.05, 4.69) is 25.9 Å². The Kier molecular flexibility index (Phi) is 7.76. The number of fused-ring (bicyclic) bond motifs is 1. The number of rotatable bonds is 9. The first-order valence-corrected chi connectivity index (χ1v) is 11.2. The van der Waals surface area contributed by atoms with Crippen LogP contribution in [-0.4, -0.2) is 33.6 Å². The molecule has 0 bridgehead atoms. The minimum atomic E-state index is -1.19. The summed E-state index contributed by atoms with van der Waals surface area (Å²) >= 11 is 6.39. The number of carbonyl (C=O) groups excluding carboxylic acids is 1. The molecule has 0 unspecified atom stereocenters. The summed E-state index contributed by atoms with van der Waals surface area (Å²) in [7, 11) is 0. The van der Waals surface area contributed by atoms with Crippen LogP contribution in [0.1, 0.15) is 12.0 Å². The van der Waals surface area contributed by atoms with Gasteiger partial charge in [-0.3, -0.25) is 4.79 Å². The third-order valence-electron chi connectivity index (χ3n) is 5.03. The van der Waals surface area contributed by atoms with Crippen molar-refractivity contribution in [2.75, 3.05) is 17.2 Å². The molecule has 3 aromatic carbocycles. The van der Waals surface area contributed by atoms with Gasteiger partial charge in [-0.05, 0) is 54.1 Å². The van der Waals surface area contributed by atoms with Crippen molar-refractivity contribution < 1.29 is 23.8 Å². The van der Waals surface area contributed by atoms with Crippen molar-refractivity contribution in [2.24, 2.45) is 0 Å². The van der Waals surface area contributed by atoms with Crippen molar-refractivity contribution in [3.8, 4) is 5.75 Å². The van der Waals surface area contributed by atoms with Crippen molar-refractivity contribution in [3.63, 3.8) is 0 Å². The molecule has 1 heterocycles. The third-order valence-corrected chi connectivity index (χ3v) is 5.32. The molecule has 0 atom stereocenters. The molecule has 0 saturated heterocycles. The summed E-state index contributed by atoms with van der Waals surface area (Å²) in [6, 6.07) is 16.4. The summed E-state index contributed by atoms with van der Waals surface area (Å²) in [5.41, 5.74) is 2.49. The SMILES string of the molecule is O=C(O)NCCC(=O)Nc1ccc2ncnc(Nc3ccc(OCc4cccc(F)c4)c(Cl)c3)c2c1. The van der Waals surface area contributed by atoms with Gasteiger partial charge < -0.3 is 25.8 Å². The molecule has 0 aliphatic heterocycles. The van der Waals surface area contributed by atoms with Gasteiger partial charge in [0, 0.05) is 29.7 Å². The molecule has 0 saturated carbocycles. The van der Waals surface area contributed by atoms with E-state index in [1.165, 1.54) is 18.5 Å². The fourth-order valence-electron chi connectivity index (χ4n) is 3.36. The van der Waals surface area contributed by atoms with E-state index >= 15 is 0 Å². The lowest BCUT2D eigenvalue weighted by Gasteiger charge is -2.13. The minimum Gasteiger partial charge on any atom is -0.487 e. The molecule has 0 aliphatic carbocycles. The first kappa shape index (κ1) is 24.7. The average molecular weight is 510 g/mol. The van der Waals surface area contributed by atoms with Gasteiger partial charge in [0.2, 0.25) is 5.91 Å². The van der Waals surface area contributed by atoms with E-state index in [0.717, 1.165) is 0 Å². The first-order chi connectivity index (χ1) is 17.4. The average Bonchev–Trinajstić information content (AvgIpc) is 2.84. The van der Waals surface area contributed by atoms with E-state index in [1.54, 1.807) is 48.5 Å². The highest BCUT2D eigenvalue weighted by Gasteiger charge is 2.10. The molecule has 4 rings (SSSR count). The van der Waals surface area contributed by atoms with Crippen LogP contribution in [0, 0.1) is 5.82 Å². The second-order valence-corrected chi connectivity index (χ2v) is 8.08. The van der Waals surface area contributed by atoms with Crippen LogP contribution in [0.25, 0.3) is 10.9 Å². The molecule has 0 radical (unpaired) electrons. The first-order valence-electron chi connectivity index (χ1n) is 10.8. The van der Waals surface area contributed by atoms with Gasteiger partial charge in [0.1, 0.15) is 30.3 Å². The number of hydrogen-bond acceptors (Lipinski definition) is 6. The number of nitrogens with zero attached hydrogens (tertiary/aromatic N) is 2. The second-order valence-electron chi connectivity index (χ2n) is 7.67. The van der Waals surface area contributed by atoms with Crippen LogP contribution < -0.4 is 20.7 Å². The minimum absolute atomic E-state index is 0.00708. The van der Waals surface area contributed by atoms with E-state index in [0.29, 0.717) is 44.4 Å². The number of carbonyl (C=O) groups is 2.